The van der Waals surface area contributed by atoms with E-state index in [1.165, 1.54) is 0 Å². The molecule has 0 spiro atoms. The highest BCUT2D eigenvalue weighted by molar-refractivity contribution is 5.36. The second kappa shape index (κ2) is 3.20. The van der Waals surface area contributed by atoms with Gasteiger partial charge >= 0.3 is 0 Å². The summed E-state index contributed by atoms with van der Waals surface area (Å²) in [7, 11) is 0. The normalized spacial score (nSPS) is 12.9. The number of nitrogens with zero attached hydrogens (tertiary/aromatic N) is 2. The molecule has 1 atom stereocenters. The summed E-state index contributed by atoms with van der Waals surface area (Å²) in [5, 5.41) is 15.4. The number of rotatable bonds is 3. The number of aliphatic hydroxyl groups is 1. The Balaban J connectivity index is 2.44. The molecule has 3 N–H and O–H groups in total. The number of hydrogen-bond acceptors (Lipinski definition) is 6. The van der Waals surface area contributed by atoms with Crippen molar-refractivity contribution in [3.8, 4) is 5.88 Å². The van der Waals surface area contributed by atoms with E-state index in [1.54, 1.807) is 6.92 Å². The standard InChI is InChI=1S/C5H9N3O3/c1-3(9)2-10-5-4(6)7-11-8-5/h3,9H,2H2,1H3,(H2,6,7). The van der Waals surface area contributed by atoms with Crippen molar-refractivity contribution in [1.82, 2.24) is 10.3 Å². The average Bonchev–Trinajstić information content (AvgIpc) is 2.31. The van der Waals surface area contributed by atoms with Crippen LogP contribution in [0.5, 0.6) is 5.88 Å². The Kier molecular flexibility index (Phi) is 2.27. The predicted octanol–water partition coefficient (Wildman–Crippen LogP) is -0.589. The SMILES string of the molecule is CC(O)COc1nonc1N. The van der Waals surface area contributed by atoms with E-state index in [0.29, 0.717) is 0 Å². The number of aromatic nitrogens is 2. The van der Waals surface area contributed by atoms with Gasteiger partial charge in [-0.2, -0.15) is 0 Å². The maximum absolute atomic E-state index is 8.80. The molecule has 1 aromatic rings. The summed E-state index contributed by atoms with van der Waals surface area (Å²) in [4.78, 5) is 0. The summed E-state index contributed by atoms with van der Waals surface area (Å²) in [6.45, 7) is 1.71. The van der Waals surface area contributed by atoms with Gasteiger partial charge in [0.2, 0.25) is 5.82 Å². The van der Waals surface area contributed by atoms with Gasteiger partial charge in [0.15, 0.2) is 0 Å². The molecular weight excluding hydrogens is 150 g/mol. The van der Waals surface area contributed by atoms with Crippen molar-refractivity contribution < 1.29 is 14.5 Å². The van der Waals surface area contributed by atoms with Crippen LogP contribution in [-0.4, -0.2) is 28.1 Å². The van der Waals surface area contributed by atoms with Gasteiger partial charge in [-0.05, 0) is 17.2 Å². The maximum Gasteiger partial charge on any atom is 0.300 e. The lowest BCUT2D eigenvalue weighted by atomic mass is 10.4. The number of ether oxygens (including phenoxy) is 1. The van der Waals surface area contributed by atoms with Crippen molar-refractivity contribution in [2.75, 3.05) is 12.3 Å². The van der Waals surface area contributed by atoms with E-state index in [4.69, 9.17) is 15.6 Å². The van der Waals surface area contributed by atoms with Gasteiger partial charge in [0.25, 0.3) is 5.88 Å². The number of nitrogens with two attached hydrogens (primary N) is 1. The second-order valence-electron chi connectivity index (χ2n) is 2.11. The molecule has 1 aromatic heterocycles. The highest BCUT2D eigenvalue weighted by Crippen LogP contribution is 2.13. The summed E-state index contributed by atoms with van der Waals surface area (Å²) >= 11 is 0. The van der Waals surface area contributed by atoms with Crippen LogP contribution in [0.3, 0.4) is 0 Å². The Morgan fingerprint density at radius 3 is 2.91 bits per heavy atom. The highest BCUT2D eigenvalue weighted by atomic mass is 16.6. The zero-order valence-electron chi connectivity index (χ0n) is 6.02. The molecule has 0 amide bonds. The summed E-state index contributed by atoms with van der Waals surface area (Å²) in [5.74, 6) is 0.205. The number of nitrogen functional groups attached to an aromatic ring is 1. The molecule has 1 unspecified atom stereocenters. The molecule has 1 heterocycles. The fourth-order valence-electron chi connectivity index (χ4n) is 0.487. The lowest BCUT2D eigenvalue weighted by molar-refractivity contribution is 0.117. The van der Waals surface area contributed by atoms with Crippen LogP contribution in [0.1, 0.15) is 6.92 Å². The fourth-order valence-corrected chi connectivity index (χ4v) is 0.487. The Hall–Kier alpha value is -1.30. The predicted molar refractivity (Wildman–Crippen MR) is 35.9 cm³/mol. The smallest absolute Gasteiger partial charge is 0.300 e. The zero-order valence-corrected chi connectivity index (χ0v) is 6.02. The number of hydrogen-bond donors (Lipinski definition) is 2. The van der Waals surface area contributed by atoms with Crippen molar-refractivity contribution >= 4 is 5.82 Å². The molecule has 0 aliphatic heterocycles. The Labute approximate surface area is 62.9 Å². The first-order valence-corrected chi connectivity index (χ1v) is 3.09. The lowest BCUT2D eigenvalue weighted by Gasteiger charge is -2.02. The van der Waals surface area contributed by atoms with E-state index in [9.17, 15) is 0 Å². The number of anilines is 1. The molecule has 6 nitrogen and oxygen atoms in total. The van der Waals surface area contributed by atoms with Crippen LogP contribution in [0.25, 0.3) is 0 Å². The highest BCUT2D eigenvalue weighted by Gasteiger charge is 2.07. The van der Waals surface area contributed by atoms with Crippen LogP contribution in [0.15, 0.2) is 4.63 Å². The molecule has 1 rings (SSSR count). The van der Waals surface area contributed by atoms with Gasteiger partial charge in [-0.15, -0.1) is 0 Å². The first kappa shape index (κ1) is 7.80. The average molecular weight is 159 g/mol. The monoisotopic (exact) mass is 159 g/mol. The van der Waals surface area contributed by atoms with Gasteiger partial charge in [-0.1, -0.05) is 0 Å². The fraction of sp³-hybridized carbons (Fsp3) is 0.600. The minimum atomic E-state index is -0.564. The largest absolute Gasteiger partial charge is 0.470 e. The summed E-state index contributed by atoms with van der Waals surface area (Å²) in [5.41, 5.74) is 5.25. The minimum Gasteiger partial charge on any atom is -0.470 e. The first-order valence-electron chi connectivity index (χ1n) is 3.09. The van der Waals surface area contributed by atoms with Crippen molar-refractivity contribution in [3.63, 3.8) is 0 Å². The third kappa shape index (κ3) is 2.08. The summed E-state index contributed by atoms with van der Waals surface area (Å²) < 4.78 is 9.14. The van der Waals surface area contributed by atoms with Crippen LogP contribution >= 0.6 is 0 Å². The van der Waals surface area contributed by atoms with Gasteiger partial charge in [0.1, 0.15) is 6.61 Å². The van der Waals surface area contributed by atoms with Crippen molar-refractivity contribution in [2.24, 2.45) is 0 Å². The zero-order chi connectivity index (χ0) is 8.27. The third-order valence-corrected chi connectivity index (χ3v) is 0.943. The Morgan fingerprint density at radius 2 is 2.45 bits per heavy atom. The molecule has 0 aliphatic carbocycles. The second-order valence-corrected chi connectivity index (χ2v) is 2.11. The maximum atomic E-state index is 8.80. The van der Waals surface area contributed by atoms with Gasteiger partial charge in [-0.3, -0.25) is 0 Å². The van der Waals surface area contributed by atoms with Gasteiger partial charge in [-0.25, -0.2) is 4.63 Å². The summed E-state index contributed by atoms with van der Waals surface area (Å²) in [6.07, 6.45) is -0.564. The molecule has 0 aromatic carbocycles. The topological polar surface area (TPSA) is 94.4 Å². The van der Waals surface area contributed by atoms with Gasteiger partial charge < -0.3 is 15.6 Å². The molecule has 0 aliphatic rings. The van der Waals surface area contributed by atoms with Crippen LogP contribution in [0, 0.1) is 0 Å². The molecule has 0 saturated heterocycles. The molecule has 11 heavy (non-hydrogen) atoms. The molecule has 0 bridgehead atoms. The molecule has 0 fully saturated rings. The first-order chi connectivity index (χ1) is 5.20. The molecular formula is C5H9N3O3. The van der Waals surface area contributed by atoms with E-state index in [1.807, 2.05) is 0 Å². The molecule has 0 radical (unpaired) electrons. The number of aliphatic hydroxyl groups excluding tert-OH is 1. The van der Waals surface area contributed by atoms with E-state index < -0.39 is 6.10 Å². The lowest BCUT2D eigenvalue weighted by Crippen LogP contribution is -2.13. The van der Waals surface area contributed by atoms with Crippen LogP contribution in [0.2, 0.25) is 0 Å². The van der Waals surface area contributed by atoms with Gasteiger partial charge in [0.05, 0.1) is 6.10 Å². The quantitative estimate of drug-likeness (QED) is 0.612. The van der Waals surface area contributed by atoms with Crippen molar-refractivity contribution in [3.05, 3.63) is 0 Å². The van der Waals surface area contributed by atoms with Crippen molar-refractivity contribution in [2.45, 2.75) is 13.0 Å². The Bertz CT molecular complexity index is 223. The molecule has 6 heteroatoms. The Morgan fingerprint density at radius 1 is 1.73 bits per heavy atom. The molecule has 0 saturated carbocycles. The van der Waals surface area contributed by atoms with E-state index in [0.717, 1.165) is 0 Å². The van der Waals surface area contributed by atoms with Crippen molar-refractivity contribution in [1.29, 1.82) is 0 Å². The minimum absolute atomic E-state index is 0.0886. The van der Waals surface area contributed by atoms with Gasteiger partial charge in [0, 0.05) is 0 Å². The third-order valence-electron chi connectivity index (χ3n) is 0.943. The van der Waals surface area contributed by atoms with E-state index in [2.05, 4.69) is 14.9 Å². The van der Waals surface area contributed by atoms with E-state index >= 15 is 0 Å². The molecule has 62 valence electrons. The van der Waals surface area contributed by atoms with Crippen LogP contribution in [-0.2, 0) is 0 Å². The summed E-state index contributed by atoms with van der Waals surface area (Å²) in [6, 6.07) is 0. The van der Waals surface area contributed by atoms with E-state index in [-0.39, 0.29) is 18.3 Å². The van der Waals surface area contributed by atoms with Crippen LogP contribution in [0.4, 0.5) is 5.82 Å². The van der Waals surface area contributed by atoms with Crippen LogP contribution < -0.4 is 10.5 Å².